The van der Waals surface area contributed by atoms with Crippen LogP contribution in [0.15, 0.2) is 71.3 Å². The molecule has 1 aliphatic carbocycles. The van der Waals surface area contributed by atoms with Gasteiger partial charge in [0.15, 0.2) is 9.84 Å². The third-order valence-electron chi connectivity index (χ3n) is 5.28. The summed E-state index contributed by atoms with van der Waals surface area (Å²) in [6.07, 6.45) is 6.12. The number of benzene rings is 2. The molecule has 0 radical (unpaired) electrons. The molecule has 3 N–H and O–H groups in total. The molecule has 0 amide bonds. The van der Waals surface area contributed by atoms with Gasteiger partial charge in [-0.2, -0.15) is 0 Å². The van der Waals surface area contributed by atoms with Crippen molar-refractivity contribution in [3.8, 4) is 11.5 Å². The molecule has 7 heteroatoms. The number of hydrogen-bond acceptors (Lipinski definition) is 6. The van der Waals surface area contributed by atoms with Crippen LogP contribution in [0.1, 0.15) is 39.2 Å². The highest BCUT2D eigenvalue weighted by Gasteiger charge is 2.26. The fourth-order valence-electron chi connectivity index (χ4n) is 3.31. The Morgan fingerprint density at radius 2 is 1.75 bits per heavy atom. The summed E-state index contributed by atoms with van der Waals surface area (Å²) in [6.45, 7) is 7.33. The van der Waals surface area contributed by atoms with Gasteiger partial charge in [0.2, 0.25) is 0 Å². The quantitative estimate of drug-likeness (QED) is 0.439. The van der Waals surface area contributed by atoms with E-state index in [0.717, 1.165) is 5.56 Å². The average Bonchev–Trinajstić information content (AvgIpc) is 2.74. The molecule has 0 heterocycles. The molecule has 0 aliphatic heterocycles. The van der Waals surface area contributed by atoms with Crippen LogP contribution in [0.3, 0.4) is 0 Å². The van der Waals surface area contributed by atoms with E-state index in [1.807, 2.05) is 18.2 Å². The number of aromatic hydroxyl groups is 1. The SMILES string of the molecule is CC(C)(C)c1ccc(OCCCOC2=CCC(S(=O)(=O)c3ccc(O)cc3)C=C2)c(N)c1. The number of rotatable bonds is 8. The molecule has 2 aromatic carbocycles. The molecule has 1 unspecified atom stereocenters. The van der Waals surface area contributed by atoms with E-state index in [4.69, 9.17) is 15.2 Å². The van der Waals surface area contributed by atoms with E-state index < -0.39 is 15.1 Å². The van der Waals surface area contributed by atoms with E-state index in [9.17, 15) is 13.5 Å². The molecule has 0 spiro atoms. The Hall–Kier alpha value is -2.93. The van der Waals surface area contributed by atoms with Gasteiger partial charge in [-0.3, -0.25) is 0 Å². The number of nitrogen functional groups attached to an aromatic ring is 1. The maximum Gasteiger partial charge on any atom is 0.185 e. The number of ether oxygens (including phenoxy) is 2. The number of nitrogens with two attached hydrogens (primary N) is 1. The van der Waals surface area contributed by atoms with Crippen LogP contribution in [-0.2, 0) is 20.0 Å². The second kappa shape index (κ2) is 9.69. The molecule has 0 bridgehead atoms. The van der Waals surface area contributed by atoms with Crippen molar-refractivity contribution >= 4 is 15.5 Å². The second-order valence-corrected chi connectivity index (χ2v) is 11.0. The van der Waals surface area contributed by atoms with Gasteiger partial charge in [-0.15, -0.1) is 0 Å². The summed E-state index contributed by atoms with van der Waals surface area (Å²) in [5.41, 5.74) is 7.93. The number of phenols is 1. The number of anilines is 1. The van der Waals surface area contributed by atoms with Crippen LogP contribution < -0.4 is 10.5 Å². The minimum absolute atomic E-state index is 0.0319. The van der Waals surface area contributed by atoms with Gasteiger partial charge in [-0.25, -0.2) is 8.42 Å². The van der Waals surface area contributed by atoms with Crippen molar-refractivity contribution in [2.45, 2.75) is 49.2 Å². The van der Waals surface area contributed by atoms with E-state index in [0.29, 0.717) is 43.3 Å². The molecule has 6 nitrogen and oxygen atoms in total. The highest BCUT2D eigenvalue weighted by Crippen LogP contribution is 2.30. The van der Waals surface area contributed by atoms with E-state index in [1.54, 1.807) is 18.2 Å². The molecule has 0 aromatic heterocycles. The highest BCUT2D eigenvalue weighted by molar-refractivity contribution is 7.92. The van der Waals surface area contributed by atoms with Gasteiger partial charge in [0.05, 0.1) is 29.0 Å². The number of hydrogen-bond donors (Lipinski definition) is 2. The zero-order chi connectivity index (χ0) is 23.4. The normalized spacial score (nSPS) is 16.5. The first-order chi connectivity index (χ1) is 15.1. The lowest BCUT2D eigenvalue weighted by molar-refractivity contribution is 0.190. The van der Waals surface area contributed by atoms with Crippen LogP contribution in [0.2, 0.25) is 0 Å². The van der Waals surface area contributed by atoms with Crippen molar-refractivity contribution < 1.29 is 23.0 Å². The summed E-state index contributed by atoms with van der Waals surface area (Å²) >= 11 is 0. The fourth-order valence-corrected chi connectivity index (χ4v) is 4.81. The molecule has 172 valence electrons. The van der Waals surface area contributed by atoms with E-state index in [-0.39, 0.29) is 16.1 Å². The number of allylic oxidation sites excluding steroid dienone is 2. The van der Waals surface area contributed by atoms with Crippen LogP contribution in [0.25, 0.3) is 0 Å². The molecule has 0 saturated heterocycles. The smallest absolute Gasteiger partial charge is 0.185 e. The first-order valence-electron chi connectivity index (χ1n) is 10.6. The van der Waals surface area contributed by atoms with Gasteiger partial charge < -0.3 is 20.3 Å². The van der Waals surface area contributed by atoms with Gasteiger partial charge in [0.25, 0.3) is 0 Å². The molecular weight excluding hydrogens is 426 g/mol. The van der Waals surface area contributed by atoms with Crippen molar-refractivity contribution in [3.05, 3.63) is 72.0 Å². The predicted octanol–water partition coefficient (Wildman–Crippen LogP) is 4.74. The van der Waals surface area contributed by atoms with E-state index in [1.165, 1.54) is 24.3 Å². The van der Waals surface area contributed by atoms with Crippen LogP contribution in [0.4, 0.5) is 5.69 Å². The fraction of sp³-hybridized carbons (Fsp3) is 0.360. The van der Waals surface area contributed by atoms with Crippen LogP contribution in [0.5, 0.6) is 11.5 Å². The van der Waals surface area contributed by atoms with Gasteiger partial charge in [-0.05, 0) is 65.9 Å². The Bertz CT molecular complexity index is 1100. The Morgan fingerprint density at radius 1 is 1.06 bits per heavy atom. The average molecular weight is 458 g/mol. The lowest BCUT2D eigenvalue weighted by atomic mass is 9.87. The van der Waals surface area contributed by atoms with Gasteiger partial charge >= 0.3 is 0 Å². The zero-order valence-corrected chi connectivity index (χ0v) is 19.6. The number of sulfone groups is 1. The summed E-state index contributed by atoms with van der Waals surface area (Å²) in [5.74, 6) is 1.35. The van der Waals surface area contributed by atoms with Crippen LogP contribution >= 0.6 is 0 Å². The van der Waals surface area contributed by atoms with Gasteiger partial charge in [0.1, 0.15) is 17.3 Å². The summed E-state index contributed by atoms with van der Waals surface area (Å²) in [7, 11) is -3.51. The first kappa shape index (κ1) is 23.7. The Labute approximate surface area is 190 Å². The molecule has 0 saturated carbocycles. The summed E-state index contributed by atoms with van der Waals surface area (Å²) in [5, 5.41) is 8.71. The Morgan fingerprint density at radius 3 is 2.34 bits per heavy atom. The van der Waals surface area contributed by atoms with Crippen molar-refractivity contribution in [2.75, 3.05) is 18.9 Å². The minimum atomic E-state index is -3.51. The van der Waals surface area contributed by atoms with Crippen molar-refractivity contribution in [1.82, 2.24) is 0 Å². The zero-order valence-electron chi connectivity index (χ0n) is 18.7. The highest BCUT2D eigenvalue weighted by atomic mass is 32.2. The minimum Gasteiger partial charge on any atom is -0.508 e. The lowest BCUT2D eigenvalue weighted by Crippen LogP contribution is -2.20. The molecule has 1 aliphatic rings. The molecule has 3 rings (SSSR count). The maximum atomic E-state index is 12.7. The Balaban J connectivity index is 1.44. The Kier molecular flexibility index (Phi) is 7.19. The molecular formula is C25H31NO5S. The summed E-state index contributed by atoms with van der Waals surface area (Å²) < 4.78 is 36.9. The third kappa shape index (κ3) is 5.85. The van der Waals surface area contributed by atoms with Crippen LogP contribution in [0, 0.1) is 0 Å². The third-order valence-corrected chi connectivity index (χ3v) is 7.36. The molecule has 32 heavy (non-hydrogen) atoms. The van der Waals surface area contributed by atoms with Crippen molar-refractivity contribution in [2.24, 2.45) is 0 Å². The van der Waals surface area contributed by atoms with Gasteiger partial charge in [-0.1, -0.05) is 32.9 Å². The summed E-state index contributed by atoms with van der Waals surface area (Å²) in [6, 6.07) is 11.5. The standard InChI is InChI=1S/C25H31NO5S/c1-25(2,3)18-5-14-24(23(26)17-18)31-16-4-15-30-20-8-12-22(13-9-20)32(28,29)21-10-6-19(27)7-11-21/h5-12,14,17,22,27H,4,13,15-16,26H2,1-3H3. The van der Waals surface area contributed by atoms with Gasteiger partial charge in [0, 0.05) is 6.42 Å². The van der Waals surface area contributed by atoms with Crippen molar-refractivity contribution in [3.63, 3.8) is 0 Å². The van der Waals surface area contributed by atoms with Crippen LogP contribution in [-0.4, -0.2) is 32.0 Å². The first-order valence-corrected chi connectivity index (χ1v) is 12.2. The monoisotopic (exact) mass is 457 g/mol. The van der Waals surface area contributed by atoms with E-state index in [2.05, 4.69) is 20.8 Å². The topological polar surface area (TPSA) is 98.8 Å². The molecule has 1 atom stereocenters. The van der Waals surface area contributed by atoms with Crippen molar-refractivity contribution in [1.29, 1.82) is 0 Å². The maximum absolute atomic E-state index is 12.7. The molecule has 0 fully saturated rings. The summed E-state index contributed by atoms with van der Waals surface area (Å²) in [4.78, 5) is 0.190. The van der Waals surface area contributed by atoms with E-state index >= 15 is 0 Å². The second-order valence-electron chi connectivity index (χ2n) is 8.83. The largest absolute Gasteiger partial charge is 0.508 e. The lowest BCUT2D eigenvalue weighted by Gasteiger charge is -2.20. The predicted molar refractivity (Wildman–Crippen MR) is 127 cm³/mol. The molecule has 2 aromatic rings. The number of phenolic OH excluding ortho intramolecular Hbond substituents is 1.